The lowest BCUT2D eigenvalue weighted by molar-refractivity contribution is -0.133. The van der Waals surface area contributed by atoms with Crippen LogP contribution < -0.4 is 5.32 Å². The molecule has 33 heavy (non-hydrogen) atoms. The van der Waals surface area contributed by atoms with Gasteiger partial charge in [-0.25, -0.2) is 4.79 Å². The fraction of sp³-hybridized carbons (Fsp3) is 0.280. The average molecular weight is 485 g/mol. The molecule has 0 saturated heterocycles. The number of aryl methyl sites for hydroxylation is 1. The molecule has 3 aromatic rings. The summed E-state index contributed by atoms with van der Waals surface area (Å²) in [6.45, 7) is 0.911. The molecule has 1 N–H and O–H groups in total. The lowest BCUT2D eigenvalue weighted by atomic mass is 10.2. The Kier molecular flexibility index (Phi) is 7.26. The number of urea groups is 1. The summed E-state index contributed by atoms with van der Waals surface area (Å²) >= 11 is 12.3. The Morgan fingerprint density at radius 2 is 1.76 bits per heavy atom. The van der Waals surface area contributed by atoms with E-state index in [0.29, 0.717) is 23.8 Å². The van der Waals surface area contributed by atoms with Crippen LogP contribution in [0.1, 0.15) is 24.1 Å². The van der Waals surface area contributed by atoms with E-state index >= 15 is 0 Å². The predicted molar refractivity (Wildman–Crippen MR) is 131 cm³/mol. The summed E-state index contributed by atoms with van der Waals surface area (Å²) in [5.74, 6) is -0.112. The van der Waals surface area contributed by atoms with Gasteiger partial charge in [0.1, 0.15) is 6.54 Å². The van der Waals surface area contributed by atoms with Gasteiger partial charge in [0.2, 0.25) is 5.91 Å². The Balaban J connectivity index is 1.51. The molecule has 0 spiro atoms. The topological polar surface area (TPSA) is 57.6 Å². The van der Waals surface area contributed by atoms with E-state index in [1.54, 1.807) is 28.0 Å². The average Bonchev–Trinajstić information content (AvgIpc) is 3.57. The highest BCUT2D eigenvalue weighted by atomic mass is 35.5. The number of anilines is 1. The second-order valence-corrected chi connectivity index (χ2v) is 9.02. The molecule has 172 valence electrons. The number of hydrogen-bond acceptors (Lipinski definition) is 2. The van der Waals surface area contributed by atoms with Gasteiger partial charge >= 0.3 is 6.03 Å². The molecule has 0 bridgehead atoms. The van der Waals surface area contributed by atoms with Crippen LogP contribution in [0.3, 0.4) is 0 Å². The molecule has 1 aliphatic rings. The number of rotatable bonds is 8. The third-order valence-corrected chi connectivity index (χ3v) is 6.54. The molecule has 0 radical (unpaired) electrons. The molecule has 6 nitrogen and oxygen atoms in total. The minimum Gasteiger partial charge on any atom is -0.353 e. The number of nitrogens with zero attached hydrogens (tertiary/aromatic N) is 3. The molecule has 0 atom stereocenters. The largest absolute Gasteiger partial charge is 0.353 e. The van der Waals surface area contributed by atoms with Crippen molar-refractivity contribution in [1.82, 2.24) is 14.4 Å². The quantitative estimate of drug-likeness (QED) is 0.455. The van der Waals surface area contributed by atoms with Crippen LogP contribution in [-0.4, -0.2) is 38.9 Å². The maximum absolute atomic E-state index is 13.5. The lowest BCUT2D eigenvalue weighted by Gasteiger charge is -2.28. The fourth-order valence-corrected chi connectivity index (χ4v) is 4.03. The molecule has 0 aliphatic heterocycles. The van der Waals surface area contributed by atoms with E-state index < -0.39 is 0 Å². The molecule has 0 unspecified atom stereocenters. The molecule has 2 aromatic carbocycles. The van der Waals surface area contributed by atoms with Gasteiger partial charge in [0.25, 0.3) is 0 Å². The summed E-state index contributed by atoms with van der Waals surface area (Å²) < 4.78 is 2.00. The zero-order valence-electron chi connectivity index (χ0n) is 18.4. The summed E-state index contributed by atoms with van der Waals surface area (Å²) in [7, 11) is 1.96. The second-order valence-electron chi connectivity index (χ2n) is 8.24. The molecular weight excluding hydrogens is 459 g/mol. The monoisotopic (exact) mass is 484 g/mol. The van der Waals surface area contributed by atoms with Gasteiger partial charge in [-0.1, -0.05) is 59.6 Å². The van der Waals surface area contributed by atoms with Crippen LogP contribution in [0, 0.1) is 0 Å². The number of nitrogens with one attached hydrogen (secondary N) is 1. The highest BCUT2D eigenvalue weighted by molar-refractivity contribution is 6.43. The van der Waals surface area contributed by atoms with E-state index in [9.17, 15) is 9.59 Å². The first kappa shape index (κ1) is 23.2. The highest BCUT2D eigenvalue weighted by Gasteiger charge is 2.35. The number of carbonyl (C=O) groups is 2. The molecule has 4 rings (SSSR count). The third-order valence-electron chi connectivity index (χ3n) is 5.72. The van der Waals surface area contributed by atoms with E-state index in [4.69, 9.17) is 23.2 Å². The number of halogens is 2. The van der Waals surface area contributed by atoms with Crippen molar-refractivity contribution < 1.29 is 9.59 Å². The van der Waals surface area contributed by atoms with Gasteiger partial charge < -0.3 is 19.7 Å². The van der Waals surface area contributed by atoms with Crippen LogP contribution in [0.15, 0.2) is 66.9 Å². The van der Waals surface area contributed by atoms with E-state index in [1.165, 1.54) is 0 Å². The van der Waals surface area contributed by atoms with E-state index in [-0.39, 0.29) is 29.5 Å². The standard InChI is InChI=1S/C25H26Cl2N4O2/c1-29-14-6-9-20(29)16-30(15-18-7-3-2-4-8-18)23(32)17-31(19-12-13-19)25(33)28-22-11-5-10-21(26)24(22)27/h2-11,14,19H,12-13,15-17H2,1H3,(H,28,33). The van der Waals surface area contributed by atoms with E-state index in [0.717, 1.165) is 24.1 Å². The molecule has 1 heterocycles. The minimum atomic E-state index is -0.353. The molecule has 1 aliphatic carbocycles. The van der Waals surface area contributed by atoms with Crippen molar-refractivity contribution in [3.63, 3.8) is 0 Å². The van der Waals surface area contributed by atoms with Crippen molar-refractivity contribution >= 4 is 40.8 Å². The maximum Gasteiger partial charge on any atom is 0.322 e. The third kappa shape index (κ3) is 5.89. The summed E-state index contributed by atoms with van der Waals surface area (Å²) in [6.07, 6.45) is 3.71. The van der Waals surface area contributed by atoms with Gasteiger partial charge in [0, 0.05) is 31.5 Å². The molecular formula is C25H26Cl2N4O2. The predicted octanol–water partition coefficient (Wildman–Crippen LogP) is 5.56. The van der Waals surface area contributed by atoms with Crippen LogP contribution in [0.4, 0.5) is 10.5 Å². The highest BCUT2D eigenvalue weighted by Crippen LogP contribution is 2.32. The maximum atomic E-state index is 13.5. The van der Waals surface area contributed by atoms with Gasteiger partial charge in [0.15, 0.2) is 0 Å². The summed E-state index contributed by atoms with van der Waals surface area (Å²) in [6, 6.07) is 18.6. The van der Waals surface area contributed by atoms with Gasteiger partial charge in [-0.15, -0.1) is 0 Å². The van der Waals surface area contributed by atoms with Crippen molar-refractivity contribution in [3.8, 4) is 0 Å². The fourth-order valence-electron chi connectivity index (χ4n) is 3.68. The summed E-state index contributed by atoms with van der Waals surface area (Å²) in [5, 5.41) is 3.46. The minimum absolute atomic E-state index is 0.00799. The second kappa shape index (κ2) is 10.3. The Morgan fingerprint density at radius 3 is 2.42 bits per heavy atom. The van der Waals surface area contributed by atoms with E-state index in [2.05, 4.69) is 5.32 Å². The summed E-state index contributed by atoms with van der Waals surface area (Å²) in [5.41, 5.74) is 2.48. The molecule has 1 saturated carbocycles. The number of hydrogen-bond donors (Lipinski definition) is 1. The van der Waals surface area contributed by atoms with Crippen molar-refractivity contribution in [3.05, 3.63) is 88.2 Å². The first-order valence-corrected chi connectivity index (χ1v) is 11.6. The Labute approximate surface area is 203 Å². The lowest BCUT2D eigenvalue weighted by Crippen LogP contribution is -2.45. The van der Waals surface area contributed by atoms with Gasteiger partial charge in [-0.2, -0.15) is 0 Å². The van der Waals surface area contributed by atoms with Crippen LogP contribution >= 0.6 is 23.2 Å². The Hall–Kier alpha value is -2.96. The number of amides is 3. The first-order chi connectivity index (χ1) is 15.9. The number of aromatic nitrogens is 1. The van der Waals surface area contributed by atoms with Crippen molar-refractivity contribution in [2.24, 2.45) is 7.05 Å². The van der Waals surface area contributed by atoms with Crippen molar-refractivity contribution in [1.29, 1.82) is 0 Å². The van der Waals surface area contributed by atoms with Crippen LogP contribution in [0.2, 0.25) is 10.0 Å². The van der Waals surface area contributed by atoms with E-state index in [1.807, 2.05) is 60.3 Å². The zero-order valence-corrected chi connectivity index (χ0v) is 19.9. The Bertz CT molecular complexity index is 1130. The van der Waals surface area contributed by atoms with Crippen molar-refractivity contribution in [2.45, 2.75) is 32.0 Å². The number of benzene rings is 2. The summed E-state index contributed by atoms with van der Waals surface area (Å²) in [4.78, 5) is 29.9. The Morgan fingerprint density at radius 1 is 1.00 bits per heavy atom. The smallest absolute Gasteiger partial charge is 0.322 e. The van der Waals surface area contributed by atoms with Gasteiger partial charge in [-0.3, -0.25) is 4.79 Å². The van der Waals surface area contributed by atoms with Crippen molar-refractivity contribution in [2.75, 3.05) is 11.9 Å². The molecule has 3 amide bonds. The van der Waals surface area contributed by atoms with Crippen LogP contribution in [0.25, 0.3) is 0 Å². The molecule has 1 fully saturated rings. The normalized spacial score (nSPS) is 12.9. The van der Waals surface area contributed by atoms with Crippen LogP contribution in [-0.2, 0) is 24.9 Å². The number of carbonyl (C=O) groups excluding carboxylic acids is 2. The SMILES string of the molecule is Cn1cccc1CN(Cc1ccccc1)C(=O)CN(C(=O)Nc1cccc(Cl)c1Cl)C1CC1. The van der Waals surface area contributed by atoms with Crippen LogP contribution in [0.5, 0.6) is 0 Å². The zero-order chi connectivity index (χ0) is 23.4. The van der Waals surface area contributed by atoms with Gasteiger partial charge in [-0.05, 0) is 42.7 Å². The molecule has 1 aromatic heterocycles. The van der Waals surface area contributed by atoms with Gasteiger partial charge in [0.05, 0.1) is 22.3 Å². The first-order valence-electron chi connectivity index (χ1n) is 10.9. The molecule has 8 heteroatoms.